The molecule has 3 unspecified atom stereocenters. The molecule has 1 saturated heterocycles. The Kier molecular flexibility index (Phi) is 11.5. The van der Waals surface area contributed by atoms with Gasteiger partial charge in [0, 0.05) is 13.1 Å². The Labute approximate surface area is 268 Å². The molecule has 0 aromatic carbocycles. The van der Waals surface area contributed by atoms with Crippen LogP contribution in [0.25, 0.3) is 0 Å². The monoisotopic (exact) mass is 636 g/mol. The van der Waals surface area contributed by atoms with Crippen LogP contribution in [0.3, 0.4) is 0 Å². The number of esters is 1. The van der Waals surface area contributed by atoms with Crippen molar-refractivity contribution < 1.29 is 38.2 Å². The van der Waals surface area contributed by atoms with Gasteiger partial charge >= 0.3 is 12.1 Å². The summed E-state index contributed by atoms with van der Waals surface area (Å²) in [7, 11) is 0. The fourth-order valence-electron chi connectivity index (χ4n) is 5.93. The van der Waals surface area contributed by atoms with Crippen LogP contribution < -0.4 is 16.0 Å². The number of alkyl carbamates (subject to hydrolysis) is 1. The number of carbonyl (C=O) groups excluding carboxylic acids is 6. The molecule has 1 heterocycles. The second kappa shape index (κ2) is 13.7. The van der Waals surface area contributed by atoms with Gasteiger partial charge in [-0.25, -0.2) is 4.79 Å². The molecule has 0 aromatic heterocycles. The molecule has 1 saturated carbocycles. The third kappa shape index (κ3) is 10.4. The van der Waals surface area contributed by atoms with Gasteiger partial charge in [0.1, 0.15) is 23.3 Å². The number of carbonyl (C=O) groups is 6. The fraction of sp³-hybridized carbons (Fsp3) is 0.818. The maximum atomic E-state index is 14.1. The van der Waals surface area contributed by atoms with Gasteiger partial charge in [-0.05, 0) is 76.5 Å². The summed E-state index contributed by atoms with van der Waals surface area (Å²) in [6, 6.07) is -3.00. The minimum Gasteiger partial charge on any atom is -0.460 e. The van der Waals surface area contributed by atoms with Gasteiger partial charge in [-0.15, -0.1) is 0 Å². The van der Waals surface area contributed by atoms with Gasteiger partial charge in [0.15, 0.2) is 0 Å². The van der Waals surface area contributed by atoms with Crippen molar-refractivity contribution >= 4 is 35.6 Å². The molecule has 5 atom stereocenters. The van der Waals surface area contributed by atoms with E-state index in [4.69, 9.17) is 9.47 Å². The number of hydrogen-bond acceptors (Lipinski definition) is 8. The molecule has 256 valence electrons. The molecular formula is C33H56N4O8. The predicted molar refractivity (Wildman–Crippen MR) is 169 cm³/mol. The van der Waals surface area contributed by atoms with E-state index in [9.17, 15) is 28.8 Å². The van der Waals surface area contributed by atoms with Crippen LogP contribution in [0.5, 0.6) is 0 Å². The number of likely N-dealkylation sites (tertiary alicyclic amines) is 1. The molecule has 2 fully saturated rings. The number of ether oxygens (including phenoxy) is 2. The van der Waals surface area contributed by atoms with Crippen molar-refractivity contribution in [2.24, 2.45) is 28.6 Å². The van der Waals surface area contributed by atoms with Crippen molar-refractivity contribution in [3.8, 4) is 0 Å². The van der Waals surface area contributed by atoms with Crippen molar-refractivity contribution in [3.05, 3.63) is 0 Å². The molecule has 2 aliphatic rings. The Morgan fingerprint density at radius 2 is 1.42 bits per heavy atom. The lowest BCUT2D eigenvalue weighted by Gasteiger charge is -2.38. The Bertz CT molecular complexity index is 1160. The smallest absolute Gasteiger partial charge is 0.408 e. The van der Waals surface area contributed by atoms with Gasteiger partial charge in [0.25, 0.3) is 5.91 Å². The van der Waals surface area contributed by atoms with Crippen LogP contribution in [0.1, 0.15) is 103 Å². The van der Waals surface area contributed by atoms with Gasteiger partial charge < -0.3 is 30.3 Å². The van der Waals surface area contributed by atoms with Crippen molar-refractivity contribution in [1.29, 1.82) is 0 Å². The topological polar surface area (TPSA) is 160 Å². The van der Waals surface area contributed by atoms with Crippen LogP contribution in [0.2, 0.25) is 0 Å². The van der Waals surface area contributed by atoms with Crippen molar-refractivity contribution in [1.82, 2.24) is 20.9 Å². The number of nitrogens with zero attached hydrogens (tertiary/aromatic N) is 1. The summed E-state index contributed by atoms with van der Waals surface area (Å²) in [6.45, 7) is 23.9. The predicted octanol–water partition coefficient (Wildman–Crippen LogP) is 3.36. The highest BCUT2D eigenvalue weighted by atomic mass is 16.6. The van der Waals surface area contributed by atoms with Gasteiger partial charge in [-0.2, -0.15) is 0 Å². The van der Waals surface area contributed by atoms with Crippen LogP contribution in [0.15, 0.2) is 0 Å². The van der Waals surface area contributed by atoms with E-state index in [0.717, 1.165) is 0 Å². The Morgan fingerprint density at radius 3 is 1.91 bits per heavy atom. The molecule has 0 spiro atoms. The van der Waals surface area contributed by atoms with E-state index in [1.807, 2.05) is 48.5 Å². The first-order chi connectivity index (χ1) is 20.3. The second-order valence-corrected chi connectivity index (χ2v) is 16.5. The van der Waals surface area contributed by atoms with Gasteiger partial charge in [-0.1, -0.05) is 48.5 Å². The zero-order chi connectivity index (χ0) is 34.9. The van der Waals surface area contributed by atoms with Crippen molar-refractivity contribution in [2.75, 3.05) is 13.1 Å². The number of nitrogens with one attached hydrogen (secondary N) is 3. The quantitative estimate of drug-likeness (QED) is 0.230. The largest absolute Gasteiger partial charge is 0.460 e. The van der Waals surface area contributed by atoms with Crippen LogP contribution in [0.4, 0.5) is 4.79 Å². The van der Waals surface area contributed by atoms with E-state index in [1.165, 1.54) is 4.90 Å². The molecule has 0 bridgehead atoms. The average molecular weight is 637 g/mol. The van der Waals surface area contributed by atoms with Crippen molar-refractivity contribution in [2.45, 2.75) is 132 Å². The van der Waals surface area contributed by atoms with Gasteiger partial charge in [0.05, 0.1) is 12.5 Å². The molecule has 1 aliphatic carbocycles. The lowest BCUT2D eigenvalue weighted by Crippen LogP contribution is -2.61. The molecule has 45 heavy (non-hydrogen) atoms. The Hall–Kier alpha value is -3.18. The first-order valence-corrected chi connectivity index (χ1v) is 15.9. The van der Waals surface area contributed by atoms with Crippen LogP contribution in [-0.2, 0) is 33.4 Å². The summed E-state index contributed by atoms with van der Waals surface area (Å²) in [5.74, 6) is -3.32. The number of hydrogen-bond donors (Lipinski definition) is 3. The summed E-state index contributed by atoms with van der Waals surface area (Å²) < 4.78 is 10.6. The molecule has 4 amide bonds. The van der Waals surface area contributed by atoms with Crippen LogP contribution in [-0.4, -0.2) is 82.9 Å². The highest BCUT2D eigenvalue weighted by Crippen LogP contribution is 2.65. The molecular weight excluding hydrogens is 580 g/mol. The second-order valence-electron chi connectivity index (χ2n) is 16.5. The summed E-state index contributed by atoms with van der Waals surface area (Å²) in [4.78, 5) is 80.3. The standard InChI is InChI=1S/C33H56N4O8/c1-18(2)16-20(24(39)27(41)34-15-14-21(38)44-31(6,7)8)35-26(40)23-22-19(33(22,12)13)17-37(23)28(42)25(30(3,4)5)36-29(43)45-32(9,10)11/h18-20,22-23,25H,14-17H2,1-13H3,(H,34,41)(H,35,40)(H,36,43)/t19?,20?,22?,23-,25+/m0/s1. The lowest BCUT2D eigenvalue weighted by atomic mass is 9.85. The highest BCUT2D eigenvalue weighted by molar-refractivity contribution is 6.38. The third-order valence-corrected chi connectivity index (χ3v) is 8.13. The van der Waals surface area contributed by atoms with Gasteiger partial charge in [0.2, 0.25) is 17.6 Å². The Balaban J connectivity index is 2.24. The molecule has 12 heteroatoms. The van der Waals surface area contributed by atoms with E-state index < -0.39 is 70.3 Å². The number of fused-ring (bicyclic) bond motifs is 1. The first-order valence-electron chi connectivity index (χ1n) is 15.9. The zero-order valence-corrected chi connectivity index (χ0v) is 29.5. The third-order valence-electron chi connectivity index (χ3n) is 8.13. The number of rotatable bonds is 11. The lowest BCUT2D eigenvalue weighted by molar-refractivity contribution is -0.154. The first kappa shape index (κ1) is 38.0. The summed E-state index contributed by atoms with van der Waals surface area (Å²) in [6.07, 6.45) is -0.643. The molecule has 0 radical (unpaired) electrons. The number of Topliss-reactive ketones (excluding diaryl/α,β-unsaturated/α-hetero) is 1. The van der Waals surface area contributed by atoms with E-state index in [2.05, 4.69) is 16.0 Å². The normalized spacial score (nSPS) is 22.1. The maximum Gasteiger partial charge on any atom is 0.408 e. The van der Waals surface area contributed by atoms with Crippen molar-refractivity contribution in [3.63, 3.8) is 0 Å². The van der Waals surface area contributed by atoms with Gasteiger partial charge in [-0.3, -0.25) is 24.0 Å². The zero-order valence-electron chi connectivity index (χ0n) is 29.5. The molecule has 3 N–H and O–H groups in total. The highest BCUT2D eigenvalue weighted by Gasteiger charge is 2.70. The van der Waals surface area contributed by atoms with E-state index in [0.29, 0.717) is 6.54 Å². The summed E-state index contributed by atoms with van der Waals surface area (Å²) in [5.41, 5.74) is -2.35. The average Bonchev–Trinajstić information content (AvgIpc) is 3.16. The summed E-state index contributed by atoms with van der Waals surface area (Å²) in [5, 5.41) is 7.96. The molecule has 0 aromatic rings. The van der Waals surface area contributed by atoms with E-state index >= 15 is 0 Å². The SMILES string of the molecule is CC(C)CC(NC(=O)[C@@H]1C2C(CN1C(=O)[C@@H](NC(=O)OC(C)(C)C)C(C)(C)C)C2(C)C)C(=O)C(=O)NCCC(=O)OC(C)(C)C. The molecule has 2 rings (SSSR count). The fourth-order valence-corrected chi connectivity index (χ4v) is 5.93. The van der Waals surface area contributed by atoms with E-state index in [-0.39, 0.29) is 42.6 Å². The van der Waals surface area contributed by atoms with E-state index in [1.54, 1.807) is 41.5 Å². The minimum atomic E-state index is -1.13. The number of ketones is 1. The minimum absolute atomic E-state index is 0.0384. The Morgan fingerprint density at radius 1 is 0.867 bits per heavy atom. The maximum absolute atomic E-state index is 14.1. The molecule has 12 nitrogen and oxygen atoms in total. The molecule has 1 aliphatic heterocycles. The number of piperidine rings is 1. The number of amides is 4. The summed E-state index contributed by atoms with van der Waals surface area (Å²) >= 11 is 0. The van der Waals surface area contributed by atoms with Crippen LogP contribution in [0, 0.1) is 28.6 Å². The van der Waals surface area contributed by atoms with Crippen LogP contribution >= 0.6 is 0 Å².